The highest BCUT2D eigenvalue weighted by molar-refractivity contribution is 5.88. The maximum Gasteiger partial charge on any atom is 0.341 e. The molecule has 0 aliphatic carbocycles. The summed E-state index contributed by atoms with van der Waals surface area (Å²) in [6, 6.07) is 3.97. The molecule has 0 saturated carbocycles. The summed E-state index contributed by atoms with van der Waals surface area (Å²) in [7, 11) is 0. The van der Waals surface area contributed by atoms with Gasteiger partial charge in [0, 0.05) is 5.56 Å². The molecule has 0 unspecified atom stereocenters. The molecule has 0 aliphatic heterocycles. The zero-order valence-corrected chi connectivity index (χ0v) is 8.78. The van der Waals surface area contributed by atoms with Crippen molar-refractivity contribution in [1.29, 1.82) is 0 Å². The number of H-pyrrole nitrogens is 1. The Kier molecular flexibility index (Phi) is 2.88. The standard InChI is InChI=1S/C11H6F2N2O3/c12-7-2-1-5(3-8(7)13)9-4-6(11(17)18)10(16)15-14-9/h1-4H,(H,15,16)(H,17,18). The highest BCUT2D eigenvalue weighted by Gasteiger charge is 2.12. The van der Waals surface area contributed by atoms with Crippen LogP contribution in [0.3, 0.4) is 0 Å². The van der Waals surface area contributed by atoms with Crippen molar-refractivity contribution in [2.45, 2.75) is 0 Å². The zero-order chi connectivity index (χ0) is 13.3. The van der Waals surface area contributed by atoms with Gasteiger partial charge in [-0.1, -0.05) is 0 Å². The first kappa shape index (κ1) is 11.9. The molecular formula is C11H6F2N2O3. The van der Waals surface area contributed by atoms with Gasteiger partial charge in [0.15, 0.2) is 11.6 Å². The number of aromatic amines is 1. The lowest BCUT2D eigenvalue weighted by atomic mass is 10.1. The monoisotopic (exact) mass is 252 g/mol. The third-order valence-electron chi connectivity index (χ3n) is 2.25. The van der Waals surface area contributed by atoms with Gasteiger partial charge in [-0.25, -0.2) is 18.7 Å². The van der Waals surface area contributed by atoms with E-state index in [4.69, 9.17) is 5.11 Å². The van der Waals surface area contributed by atoms with Crippen LogP contribution in [0.4, 0.5) is 8.78 Å². The Labute approximate surface area is 98.7 Å². The van der Waals surface area contributed by atoms with E-state index < -0.39 is 28.7 Å². The third kappa shape index (κ3) is 2.10. The molecule has 1 aromatic heterocycles. The van der Waals surface area contributed by atoms with Crippen LogP contribution in [0.1, 0.15) is 10.4 Å². The predicted octanol–water partition coefficient (Wildman–Crippen LogP) is 1.41. The van der Waals surface area contributed by atoms with Crippen molar-refractivity contribution in [2.24, 2.45) is 0 Å². The second kappa shape index (κ2) is 4.36. The van der Waals surface area contributed by atoms with Crippen molar-refractivity contribution >= 4 is 5.97 Å². The number of benzene rings is 1. The van der Waals surface area contributed by atoms with Crippen molar-refractivity contribution in [3.63, 3.8) is 0 Å². The SMILES string of the molecule is O=C(O)c1cc(-c2ccc(F)c(F)c2)n[nH]c1=O. The molecule has 7 heteroatoms. The number of carboxylic acid groups (broad SMARTS) is 1. The van der Waals surface area contributed by atoms with Gasteiger partial charge in [-0.15, -0.1) is 0 Å². The Bertz CT molecular complexity index is 682. The van der Waals surface area contributed by atoms with E-state index in [0.717, 1.165) is 18.2 Å². The second-order valence-corrected chi connectivity index (χ2v) is 3.43. The first-order valence-electron chi connectivity index (χ1n) is 4.77. The topological polar surface area (TPSA) is 83.0 Å². The minimum absolute atomic E-state index is 0.0332. The van der Waals surface area contributed by atoms with E-state index in [-0.39, 0.29) is 11.3 Å². The van der Waals surface area contributed by atoms with E-state index in [2.05, 4.69) is 5.10 Å². The van der Waals surface area contributed by atoms with Crippen molar-refractivity contribution in [3.05, 3.63) is 51.8 Å². The molecule has 2 N–H and O–H groups in total. The highest BCUT2D eigenvalue weighted by atomic mass is 19.2. The summed E-state index contributed by atoms with van der Waals surface area (Å²) in [5.74, 6) is -3.54. The average molecular weight is 252 g/mol. The van der Waals surface area contributed by atoms with Crippen LogP contribution in [0.15, 0.2) is 29.1 Å². The van der Waals surface area contributed by atoms with Gasteiger partial charge in [0.2, 0.25) is 0 Å². The number of nitrogens with one attached hydrogen (secondary N) is 1. The van der Waals surface area contributed by atoms with Crippen LogP contribution in [0.2, 0.25) is 0 Å². The van der Waals surface area contributed by atoms with Crippen LogP contribution in [0, 0.1) is 11.6 Å². The zero-order valence-electron chi connectivity index (χ0n) is 8.78. The van der Waals surface area contributed by atoms with E-state index in [1.54, 1.807) is 0 Å². The summed E-state index contributed by atoms with van der Waals surface area (Å²) in [5, 5.41) is 14.3. The van der Waals surface area contributed by atoms with Crippen molar-refractivity contribution in [3.8, 4) is 11.3 Å². The van der Waals surface area contributed by atoms with Crippen LogP contribution < -0.4 is 5.56 Å². The smallest absolute Gasteiger partial charge is 0.341 e. The van der Waals surface area contributed by atoms with Crippen LogP contribution in [-0.2, 0) is 0 Å². The normalized spacial score (nSPS) is 10.3. The summed E-state index contributed by atoms with van der Waals surface area (Å²) < 4.78 is 25.8. The summed E-state index contributed by atoms with van der Waals surface area (Å²) in [6.07, 6.45) is 0. The number of hydrogen-bond acceptors (Lipinski definition) is 3. The lowest BCUT2D eigenvalue weighted by Crippen LogP contribution is -2.18. The summed E-state index contributed by atoms with van der Waals surface area (Å²) >= 11 is 0. The molecule has 2 aromatic rings. The van der Waals surface area contributed by atoms with Gasteiger partial charge in [0.1, 0.15) is 5.56 Å². The molecule has 1 aromatic carbocycles. The van der Waals surface area contributed by atoms with Crippen molar-refractivity contribution in [2.75, 3.05) is 0 Å². The van der Waals surface area contributed by atoms with Crippen molar-refractivity contribution in [1.82, 2.24) is 10.2 Å². The van der Waals surface area contributed by atoms with Gasteiger partial charge in [-0.3, -0.25) is 4.79 Å². The lowest BCUT2D eigenvalue weighted by molar-refractivity contribution is 0.0694. The number of aromatic carboxylic acids is 1. The molecule has 5 nitrogen and oxygen atoms in total. The number of rotatable bonds is 2. The fraction of sp³-hybridized carbons (Fsp3) is 0. The molecule has 0 bridgehead atoms. The maximum absolute atomic E-state index is 13.0. The maximum atomic E-state index is 13.0. The molecule has 2 rings (SSSR count). The first-order chi connectivity index (χ1) is 8.49. The van der Waals surface area contributed by atoms with Gasteiger partial charge >= 0.3 is 5.97 Å². The van der Waals surface area contributed by atoms with Gasteiger partial charge in [-0.2, -0.15) is 5.10 Å². The Hall–Kier alpha value is -2.57. The molecule has 0 atom stereocenters. The molecule has 18 heavy (non-hydrogen) atoms. The number of aromatic nitrogens is 2. The van der Waals surface area contributed by atoms with E-state index in [0.29, 0.717) is 0 Å². The quantitative estimate of drug-likeness (QED) is 0.846. The second-order valence-electron chi connectivity index (χ2n) is 3.43. The van der Waals surface area contributed by atoms with Crippen LogP contribution in [0.25, 0.3) is 11.3 Å². The van der Waals surface area contributed by atoms with Crippen molar-refractivity contribution < 1.29 is 18.7 Å². The lowest BCUT2D eigenvalue weighted by Gasteiger charge is -2.02. The van der Waals surface area contributed by atoms with E-state index >= 15 is 0 Å². The molecule has 0 amide bonds. The van der Waals surface area contributed by atoms with Gasteiger partial charge < -0.3 is 5.11 Å². The van der Waals surface area contributed by atoms with Gasteiger partial charge in [-0.05, 0) is 24.3 Å². The van der Waals surface area contributed by atoms with Crippen LogP contribution in [-0.4, -0.2) is 21.3 Å². The minimum Gasteiger partial charge on any atom is -0.477 e. The minimum atomic E-state index is -1.43. The fourth-order valence-electron chi connectivity index (χ4n) is 1.37. The number of carbonyl (C=O) groups is 1. The van der Waals surface area contributed by atoms with Crippen LogP contribution in [0.5, 0.6) is 0 Å². The fourth-order valence-corrected chi connectivity index (χ4v) is 1.37. The molecule has 0 spiro atoms. The summed E-state index contributed by atoms with van der Waals surface area (Å²) in [4.78, 5) is 21.9. The summed E-state index contributed by atoms with van der Waals surface area (Å²) in [6.45, 7) is 0. The van der Waals surface area contributed by atoms with E-state index in [1.807, 2.05) is 5.10 Å². The van der Waals surface area contributed by atoms with Crippen LogP contribution >= 0.6 is 0 Å². The molecule has 0 fully saturated rings. The summed E-state index contributed by atoms with van der Waals surface area (Å²) in [5.41, 5.74) is -1.20. The van der Waals surface area contributed by atoms with E-state index in [1.165, 1.54) is 6.07 Å². The third-order valence-corrected chi connectivity index (χ3v) is 2.25. The average Bonchev–Trinajstić information content (AvgIpc) is 2.33. The Morgan fingerprint density at radius 3 is 2.56 bits per heavy atom. The Balaban J connectivity index is 2.57. The molecule has 92 valence electrons. The number of nitrogens with zero attached hydrogens (tertiary/aromatic N) is 1. The Morgan fingerprint density at radius 2 is 1.94 bits per heavy atom. The van der Waals surface area contributed by atoms with Gasteiger partial charge in [0.05, 0.1) is 5.69 Å². The highest BCUT2D eigenvalue weighted by Crippen LogP contribution is 2.18. The Morgan fingerprint density at radius 1 is 1.22 bits per heavy atom. The number of hydrogen-bond donors (Lipinski definition) is 2. The molecule has 0 saturated heterocycles. The van der Waals surface area contributed by atoms with Gasteiger partial charge in [0.25, 0.3) is 5.56 Å². The number of halogens is 2. The molecule has 0 aliphatic rings. The first-order valence-corrected chi connectivity index (χ1v) is 4.77. The molecule has 1 heterocycles. The largest absolute Gasteiger partial charge is 0.477 e. The number of carboxylic acids is 1. The van der Waals surface area contributed by atoms with E-state index in [9.17, 15) is 18.4 Å². The molecular weight excluding hydrogens is 246 g/mol. The molecule has 0 radical (unpaired) electrons. The predicted molar refractivity (Wildman–Crippen MR) is 57.2 cm³/mol.